The first kappa shape index (κ1) is 28.7. The second kappa shape index (κ2) is 11.2. The molecule has 9 nitrogen and oxygen atoms in total. The molecule has 3 heterocycles. The van der Waals surface area contributed by atoms with E-state index < -0.39 is 30.5 Å². The van der Waals surface area contributed by atoms with Crippen molar-refractivity contribution >= 4 is 24.6 Å². The van der Waals surface area contributed by atoms with Crippen molar-refractivity contribution in [3.05, 3.63) is 36.3 Å². The van der Waals surface area contributed by atoms with Gasteiger partial charge in [0.1, 0.15) is 18.0 Å². The number of carbonyl (C=O) groups excluding carboxylic acids is 2. The molecule has 1 unspecified atom stereocenters. The van der Waals surface area contributed by atoms with Gasteiger partial charge in [-0.3, -0.25) is 4.79 Å². The van der Waals surface area contributed by atoms with E-state index in [0.717, 1.165) is 61.1 Å². The molecule has 1 aliphatic carbocycles. The Labute approximate surface area is 237 Å². The van der Waals surface area contributed by atoms with Gasteiger partial charge in [0, 0.05) is 18.3 Å². The number of ether oxygens (including phenoxy) is 1. The van der Waals surface area contributed by atoms with Crippen LogP contribution in [-0.2, 0) is 18.8 Å². The first-order valence-electron chi connectivity index (χ1n) is 14.7. The van der Waals surface area contributed by atoms with Crippen molar-refractivity contribution < 1.29 is 23.6 Å². The molecule has 2 aliphatic heterocycles. The number of H-pyrrole nitrogens is 1. The number of alkyl carbamates (subject to hydrolysis) is 1. The zero-order valence-electron chi connectivity index (χ0n) is 24.7. The molecular weight excluding hydrogens is 507 g/mol. The highest BCUT2D eigenvalue weighted by molar-refractivity contribution is 6.62. The molecule has 5 rings (SSSR count). The number of benzene rings is 1. The van der Waals surface area contributed by atoms with Crippen LogP contribution in [-0.4, -0.2) is 63.9 Å². The lowest BCUT2D eigenvalue weighted by Crippen LogP contribution is -2.51. The molecule has 1 aromatic carbocycles. The quantitative estimate of drug-likeness (QED) is 0.483. The van der Waals surface area contributed by atoms with Gasteiger partial charge in [0.2, 0.25) is 5.91 Å². The van der Waals surface area contributed by atoms with Crippen molar-refractivity contribution in [1.29, 1.82) is 0 Å². The van der Waals surface area contributed by atoms with E-state index in [0.29, 0.717) is 6.54 Å². The fraction of sp³-hybridized carbons (Fsp3) is 0.633. The highest BCUT2D eigenvalue weighted by Crippen LogP contribution is 2.37. The Hall–Kier alpha value is -2.85. The number of likely N-dealkylation sites (tertiary alicyclic amines) is 1. The number of rotatable bonds is 7. The van der Waals surface area contributed by atoms with Crippen molar-refractivity contribution in [3.8, 4) is 11.3 Å². The van der Waals surface area contributed by atoms with Gasteiger partial charge < -0.3 is 29.2 Å². The molecule has 2 atom stereocenters. The van der Waals surface area contributed by atoms with Crippen molar-refractivity contribution in [2.75, 3.05) is 6.54 Å². The summed E-state index contributed by atoms with van der Waals surface area (Å²) in [5, 5.41) is 2.86. The van der Waals surface area contributed by atoms with Gasteiger partial charge in [-0.15, -0.1) is 0 Å². The minimum absolute atomic E-state index is 0.0463. The Morgan fingerprint density at radius 3 is 2.33 bits per heavy atom. The maximum absolute atomic E-state index is 13.7. The van der Waals surface area contributed by atoms with E-state index in [1.165, 1.54) is 0 Å². The second-order valence-electron chi connectivity index (χ2n) is 12.7. The third kappa shape index (κ3) is 5.79. The van der Waals surface area contributed by atoms with E-state index in [1.54, 1.807) is 0 Å². The van der Waals surface area contributed by atoms with Gasteiger partial charge >= 0.3 is 13.2 Å². The van der Waals surface area contributed by atoms with Gasteiger partial charge in [0.15, 0.2) is 0 Å². The Morgan fingerprint density at radius 2 is 1.70 bits per heavy atom. The molecule has 1 aromatic heterocycles. The molecule has 2 aromatic rings. The van der Waals surface area contributed by atoms with E-state index in [1.807, 2.05) is 76.9 Å². The summed E-state index contributed by atoms with van der Waals surface area (Å²) in [6.07, 6.45) is 6.98. The lowest BCUT2D eigenvalue weighted by atomic mass is 9.79. The van der Waals surface area contributed by atoms with Crippen LogP contribution in [0.5, 0.6) is 0 Å². The molecule has 40 heavy (non-hydrogen) atoms. The number of nitrogens with one attached hydrogen (secondary N) is 2. The van der Waals surface area contributed by atoms with Crippen LogP contribution in [0.4, 0.5) is 4.79 Å². The molecule has 0 spiro atoms. The van der Waals surface area contributed by atoms with Gasteiger partial charge in [-0.2, -0.15) is 0 Å². The predicted octanol–water partition coefficient (Wildman–Crippen LogP) is 4.73. The lowest BCUT2D eigenvalue weighted by Gasteiger charge is -2.32. The molecular formula is C30H43BN4O5. The van der Waals surface area contributed by atoms with Crippen molar-refractivity contribution in [3.63, 3.8) is 0 Å². The maximum atomic E-state index is 13.7. The number of imidazole rings is 1. The first-order valence-corrected chi connectivity index (χ1v) is 14.7. The number of carbonyl (C=O) groups is 2. The monoisotopic (exact) mass is 550 g/mol. The molecule has 0 radical (unpaired) electrons. The zero-order valence-corrected chi connectivity index (χ0v) is 24.7. The zero-order chi connectivity index (χ0) is 28.7. The Kier molecular flexibility index (Phi) is 8.03. The van der Waals surface area contributed by atoms with Crippen LogP contribution in [0.25, 0.3) is 11.3 Å². The second-order valence-corrected chi connectivity index (χ2v) is 12.7. The number of hydrogen-bond acceptors (Lipinski definition) is 6. The van der Waals surface area contributed by atoms with Gasteiger partial charge in [-0.25, -0.2) is 9.78 Å². The Balaban J connectivity index is 1.25. The van der Waals surface area contributed by atoms with Gasteiger partial charge in [-0.05, 0) is 77.6 Å². The number of nitrogens with zero attached hydrogens (tertiary/aromatic N) is 2. The third-order valence-electron chi connectivity index (χ3n) is 8.96. The summed E-state index contributed by atoms with van der Waals surface area (Å²) in [7, 11) is -0.412. The summed E-state index contributed by atoms with van der Waals surface area (Å²) in [4.78, 5) is 36.3. The maximum Gasteiger partial charge on any atom is 0.494 e. The SMILES string of the molecule is CC(C)C(NC(=O)OC1CCCC1)C(=O)N1CCC[C@H]1c1nc(-c2ccc(B3OC(C)(C)C(C)(C)O3)cc2)c[nH]1. The van der Waals surface area contributed by atoms with E-state index in [2.05, 4.69) is 10.3 Å². The van der Waals surface area contributed by atoms with Crippen LogP contribution in [0.15, 0.2) is 30.5 Å². The molecule has 3 fully saturated rings. The van der Waals surface area contributed by atoms with Crippen LogP contribution in [0, 0.1) is 5.92 Å². The van der Waals surface area contributed by atoms with Crippen LogP contribution in [0.2, 0.25) is 0 Å². The van der Waals surface area contributed by atoms with Gasteiger partial charge in [0.25, 0.3) is 0 Å². The summed E-state index contributed by atoms with van der Waals surface area (Å²) in [6, 6.07) is 7.26. The topological polar surface area (TPSA) is 106 Å². The van der Waals surface area contributed by atoms with E-state index in [4.69, 9.17) is 19.0 Å². The number of aromatic amines is 1. The summed E-state index contributed by atoms with van der Waals surface area (Å²) in [6.45, 7) is 12.7. The standard InChI is InChI=1S/C30H43BN4O5/c1-19(2)25(34-28(37)38-22-10-7-8-11-22)27(36)35-17-9-12-24(35)26-32-18-23(33-26)20-13-15-21(16-14-20)31-39-29(3,4)30(5,6)40-31/h13-16,18-19,22,24-25H,7-12,17H2,1-6H3,(H,32,33)(H,34,37)/t24-,25?/m0/s1. The largest absolute Gasteiger partial charge is 0.494 e. The van der Waals surface area contributed by atoms with Crippen molar-refractivity contribution in [2.45, 2.75) is 109 Å². The highest BCUT2D eigenvalue weighted by Gasteiger charge is 2.51. The van der Waals surface area contributed by atoms with Gasteiger partial charge in [-0.1, -0.05) is 38.1 Å². The molecule has 10 heteroatoms. The van der Waals surface area contributed by atoms with Crippen LogP contribution in [0.1, 0.15) is 91.9 Å². The number of hydrogen-bond donors (Lipinski definition) is 2. The minimum atomic E-state index is -0.647. The van der Waals surface area contributed by atoms with E-state index >= 15 is 0 Å². The minimum Gasteiger partial charge on any atom is -0.446 e. The highest BCUT2D eigenvalue weighted by atomic mass is 16.7. The number of aromatic nitrogens is 2. The molecule has 2 saturated heterocycles. The van der Waals surface area contributed by atoms with Crippen molar-refractivity contribution in [2.24, 2.45) is 5.92 Å². The molecule has 1 saturated carbocycles. The average Bonchev–Trinajstić information content (AvgIpc) is 3.69. The number of amides is 2. The molecule has 0 bridgehead atoms. The molecule has 2 N–H and O–H groups in total. The third-order valence-corrected chi connectivity index (χ3v) is 8.96. The smallest absolute Gasteiger partial charge is 0.446 e. The average molecular weight is 551 g/mol. The van der Waals surface area contributed by atoms with Crippen LogP contribution >= 0.6 is 0 Å². The van der Waals surface area contributed by atoms with E-state index in [-0.39, 0.29) is 24.0 Å². The lowest BCUT2D eigenvalue weighted by molar-refractivity contribution is -0.135. The van der Waals surface area contributed by atoms with Crippen molar-refractivity contribution in [1.82, 2.24) is 20.2 Å². The van der Waals surface area contributed by atoms with Gasteiger partial charge in [0.05, 0.1) is 22.9 Å². The Bertz CT molecular complexity index is 1190. The van der Waals surface area contributed by atoms with Crippen LogP contribution < -0.4 is 10.8 Å². The fourth-order valence-electron chi connectivity index (χ4n) is 5.77. The summed E-state index contributed by atoms with van der Waals surface area (Å²) in [5.41, 5.74) is 1.96. The molecule has 3 aliphatic rings. The molecule has 2 amide bonds. The van der Waals surface area contributed by atoms with E-state index in [9.17, 15) is 9.59 Å². The normalized spacial score (nSPS) is 23.1. The van der Waals surface area contributed by atoms with Crippen LogP contribution in [0.3, 0.4) is 0 Å². The predicted molar refractivity (Wildman–Crippen MR) is 154 cm³/mol. The molecule has 216 valence electrons. The first-order chi connectivity index (χ1) is 18.9. The Morgan fingerprint density at radius 1 is 1.05 bits per heavy atom. The summed E-state index contributed by atoms with van der Waals surface area (Å²) in [5.74, 6) is 0.594. The fourth-order valence-corrected chi connectivity index (χ4v) is 5.77. The summed E-state index contributed by atoms with van der Waals surface area (Å²) < 4.78 is 17.9. The summed E-state index contributed by atoms with van der Waals surface area (Å²) >= 11 is 0.